The van der Waals surface area contributed by atoms with Crippen LogP contribution in [0.3, 0.4) is 0 Å². The van der Waals surface area contributed by atoms with E-state index in [1.54, 1.807) is 13.1 Å². The second kappa shape index (κ2) is 4.55. The van der Waals surface area contributed by atoms with Crippen LogP contribution in [0.5, 0.6) is 0 Å². The molecule has 1 aromatic rings. The maximum atomic E-state index is 11.3. The second-order valence-electron chi connectivity index (χ2n) is 5.31. The number of fused-ring (bicyclic) bond motifs is 2. The number of nitrogens with one attached hydrogen (secondary N) is 2. The molecule has 2 N–H and O–H groups in total. The Labute approximate surface area is 106 Å². The zero-order chi connectivity index (χ0) is 12.5. The summed E-state index contributed by atoms with van der Waals surface area (Å²) >= 11 is 0. The van der Waals surface area contributed by atoms with E-state index in [0.29, 0.717) is 11.7 Å². The van der Waals surface area contributed by atoms with Crippen molar-refractivity contribution in [3.05, 3.63) is 17.8 Å². The van der Waals surface area contributed by atoms with Crippen molar-refractivity contribution in [2.24, 2.45) is 11.8 Å². The molecule has 2 aliphatic rings. The quantitative estimate of drug-likeness (QED) is 0.847. The highest BCUT2D eigenvalue weighted by molar-refractivity contribution is 5.91. The van der Waals surface area contributed by atoms with E-state index in [0.717, 1.165) is 17.7 Å². The predicted octanol–water partition coefficient (Wildman–Crippen LogP) is 1.44. The SMILES string of the molecule is CNC(=O)c1ccc(N[C@H]2C[C@H]3CC[C@H]2C3)nn1. The number of anilines is 1. The third-order valence-electron chi connectivity index (χ3n) is 4.20. The standard InChI is InChI=1S/C13H18N4O/c1-14-13(18)10-4-5-12(17-16-10)15-11-7-8-2-3-9(11)6-8/h4-5,8-9,11H,2-3,6-7H2,1H3,(H,14,18)(H,15,17)/t8-,9-,11-/m0/s1. The van der Waals surface area contributed by atoms with Crippen molar-refractivity contribution >= 4 is 11.7 Å². The lowest BCUT2D eigenvalue weighted by Crippen LogP contribution is -2.27. The Morgan fingerprint density at radius 1 is 1.28 bits per heavy atom. The first-order valence-corrected chi connectivity index (χ1v) is 6.58. The molecule has 0 aromatic carbocycles. The van der Waals surface area contributed by atoms with Gasteiger partial charge < -0.3 is 10.6 Å². The zero-order valence-corrected chi connectivity index (χ0v) is 10.5. The van der Waals surface area contributed by atoms with Gasteiger partial charge in [0.2, 0.25) is 0 Å². The highest BCUT2D eigenvalue weighted by Gasteiger charge is 2.39. The van der Waals surface area contributed by atoms with E-state index in [1.807, 2.05) is 6.07 Å². The van der Waals surface area contributed by atoms with E-state index in [1.165, 1.54) is 25.7 Å². The topological polar surface area (TPSA) is 66.9 Å². The van der Waals surface area contributed by atoms with Gasteiger partial charge in [-0.1, -0.05) is 6.42 Å². The number of aromatic nitrogens is 2. The Kier molecular flexibility index (Phi) is 2.89. The fourth-order valence-corrected chi connectivity index (χ4v) is 3.27. The van der Waals surface area contributed by atoms with E-state index in [4.69, 9.17) is 0 Å². The van der Waals surface area contributed by atoms with Crippen LogP contribution in [0.2, 0.25) is 0 Å². The number of nitrogens with zero attached hydrogens (tertiary/aromatic N) is 2. The van der Waals surface area contributed by atoms with Gasteiger partial charge in [-0.25, -0.2) is 0 Å². The van der Waals surface area contributed by atoms with Crippen LogP contribution >= 0.6 is 0 Å². The Bertz CT molecular complexity index is 445. The Hall–Kier alpha value is -1.65. The maximum absolute atomic E-state index is 11.3. The highest BCUT2D eigenvalue weighted by Crippen LogP contribution is 2.45. The highest BCUT2D eigenvalue weighted by atomic mass is 16.1. The first-order valence-electron chi connectivity index (χ1n) is 6.58. The molecule has 0 radical (unpaired) electrons. The molecular formula is C13H18N4O. The number of carbonyl (C=O) groups is 1. The molecule has 1 amide bonds. The second-order valence-corrected chi connectivity index (χ2v) is 5.31. The summed E-state index contributed by atoms with van der Waals surface area (Å²) in [7, 11) is 1.59. The van der Waals surface area contributed by atoms with Gasteiger partial charge in [0.15, 0.2) is 5.69 Å². The van der Waals surface area contributed by atoms with Gasteiger partial charge >= 0.3 is 0 Å². The molecule has 96 valence electrons. The smallest absolute Gasteiger partial charge is 0.271 e. The zero-order valence-electron chi connectivity index (χ0n) is 10.5. The maximum Gasteiger partial charge on any atom is 0.271 e. The lowest BCUT2D eigenvalue weighted by atomic mass is 9.95. The Morgan fingerprint density at radius 2 is 2.17 bits per heavy atom. The fourth-order valence-electron chi connectivity index (χ4n) is 3.27. The third kappa shape index (κ3) is 2.05. The number of carbonyl (C=O) groups excluding carboxylic acids is 1. The molecular weight excluding hydrogens is 228 g/mol. The average molecular weight is 246 g/mol. The Morgan fingerprint density at radius 3 is 2.72 bits per heavy atom. The van der Waals surface area contributed by atoms with Crippen LogP contribution in [0, 0.1) is 11.8 Å². The van der Waals surface area contributed by atoms with Crippen LogP contribution in [0.15, 0.2) is 12.1 Å². The summed E-state index contributed by atoms with van der Waals surface area (Å²) in [6.45, 7) is 0. The largest absolute Gasteiger partial charge is 0.366 e. The molecule has 1 aromatic heterocycles. The molecule has 0 spiro atoms. The van der Waals surface area contributed by atoms with E-state index in [2.05, 4.69) is 20.8 Å². The van der Waals surface area contributed by atoms with E-state index in [-0.39, 0.29) is 5.91 Å². The van der Waals surface area contributed by atoms with Gasteiger partial charge in [0.25, 0.3) is 5.91 Å². The first-order chi connectivity index (χ1) is 8.76. The molecule has 2 saturated carbocycles. The number of hydrogen-bond acceptors (Lipinski definition) is 4. The minimum Gasteiger partial charge on any atom is -0.366 e. The van der Waals surface area contributed by atoms with Crippen molar-refractivity contribution in [2.75, 3.05) is 12.4 Å². The minimum atomic E-state index is -0.200. The first kappa shape index (κ1) is 11.4. The van der Waals surface area contributed by atoms with Gasteiger partial charge in [0.05, 0.1) is 0 Å². The predicted molar refractivity (Wildman–Crippen MR) is 68.3 cm³/mol. The lowest BCUT2D eigenvalue weighted by Gasteiger charge is -2.23. The Balaban J connectivity index is 1.65. The molecule has 1 heterocycles. The third-order valence-corrected chi connectivity index (χ3v) is 4.20. The van der Waals surface area contributed by atoms with Crippen LogP contribution in [0.4, 0.5) is 5.82 Å². The van der Waals surface area contributed by atoms with Crippen molar-refractivity contribution in [2.45, 2.75) is 31.7 Å². The summed E-state index contributed by atoms with van der Waals surface area (Å²) in [4.78, 5) is 11.3. The average Bonchev–Trinajstić information content (AvgIpc) is 3.01. The van der Waals surface area contributed by atoms with Crippen molar-refractivity contribution in [3.8, 4) is 0 Å². The summed E-state index contributed by atoms with van der Waals surface area (Å²) in [5, 5.41) is 14.0. The summed E-state index contributed by atoms with van der Waals surface area (Å²) in [5.74, 6) is 2.29. The van der Waals surface area contributed by atoms with Gasteiger partial charge in [0.1, 0.15) is 5.82 Å². The van der Waals surface area contributed by atoms with Crippen LogP contribution in [-0.4, -0.2) is 29.2 Å². The minimum absolute atomic E-state index is 0.200. The van der Waals surface area contributed by atoms with Crippen LogP contribution in [0.1, 0.15) is 36.2 Å². The van der Waals surface area contributed by atoms with Crippen molar-refractivity contribution in [1.29, 1.82) is 0 Å². The van der Waals surface area contributed by atoms with Crippen molar-refractivity contribution in [3.63, 3.8) is 0 Å². The number of hydrogen-bond donors (Lipinski definition) is 2. The fraction of sp³-hybridized carbons (Fsp3) is 0.615. The van der Waals surface area contributed by atoms with Gasteiger partial charge in [0, 0.05) is 13.1 Å². The van der Waals surface area contributed by atoms with Crippen LogP contribution in [0.25, 0.3) is 0 Å². The summed E-state index contributed by atoms with van der Waals surface area (Å²) in [5.41, 5.74) is 0.357. The molecule has 3 atom stereocenters. The van der Waals surface area contributed by atoms with Crippen molar-refractivity contribution in [1.82, 2.24) is 15.5 Å². The molecule has 3 rings (SSSR count). The van der Waals surface area contributed by atoms with Crippen molar-refractivity contribution < 1.29 is 4.79 Å². The van der Waals surface area contributed by atoms with Crippen LogP contribution < -0.4 is 10.6 Å². The molecule has 0 aliphatic heterocycles. The van der Waals surface area contributed by atoms with Gasteiger partial charge in [-0.05, 0) is 43.2 Å². The number of amides is 1. The summed E-state index contributed by atoms with van der Waals surface area (Å²) in [6.07, 6.45) is 5.35. The van der Waals surface area contributed by atoms with Gasteiger partial charge in [-0.2, -0.15) is 0 Å². The molecule has 2 bridgehead atoms. The molecule has 5 nitrogen and oxygen atoms in total. The van der Waals surface area contributed by atoms with Crippen LogP contribution in [-0.2, 0) is 0 Å². The molecule has 18 heavy (non-hydrogen) atoms. The van der Waals surface area contributed by atoms with Gasteiger partial charge in [-0.3, -0.25) is 4.79 Å². The van der Waals surface area contributed by atoms with Gasteiger partial charge in [-0.15, -0.1) is 10.2 Å². The monoisotopic (exact) mass is 246 g/mol. The summed E-state index contributed by atoms with van der Waals surface area (Å²) < 4.78 is 0. The number of rotatable bonds is 3. The lowest BCUT2D eigenvalue weighted by molar-refractivity contribution is 0.0957. The molecule has 2 aliphatic carbocycles. The van der Waals surface area contributed by atoms with E-state index < -0.39 is 0 Å². The molecule has 0 unspecified atom stereocenters. The van der Waals surface area contributed by atoms with E-state index >= 15 is 0 Å². The normalized spacial score (nSPS) is 29.3. The molecule has 0 saturated heterocycles. The molecule has 2 fully saturated rings. The van der Waals surface area contributed by atoms with E-state index in [9.17, 15) is 4.79 Å². The molecule has 5 heteroatoms. The summed E-state index contributed by atoms with van der Waals surface area (Å²) in [6, 6.07) is 4.09.